The van der Waals surface area contributed by atoms with Crippen LogP contribution in [0, 0.1) is 0 Å². The van der Waals surface area contributed by atoms with Crippen LogP contribution in [0.5, 0.6) is 0 Å². The molecule has 2 amide bonds. The lowest BCUT2D eigenvalue weighted by atomic mass is 10.2. The van der Waals surface area contributed by atoms with Gasteiger partial charge in [0.2, 0.25) is 5.91 Å². The van der Waals surface area contributed by atoms with Crippen LogP contribution in [0.4, 0.5) is 0 Å². The van der Waals surface area contributed by atoms with E-state index in [2.05, 4.69) is 0 Å². The molecule has 1 aromatic rings. The van der Waals surface area contributed by atoms with Gasteiger partial charge < -0.3 is 9.80 Å². The number of benzene rings is 1. The predicted octanol–water partition coefficient (Wildman–Crippen LogP) is 2.37. The second-order valence-electron chi connectivity index (χ2n) is 7.22. The van der Waals surface area contributed by atoms with Crippen molar-refractivity contribution in [2.24, 2.45) is 0 Å². The van der Waals surface area contributed by atoms with Crippen LogP contribution in [-0.2, 0) is 14.6 Å². The average Bonchev–Trinajstić information content (AvgIpc) is 3.07. The van der Waals surface area contributed by atoms with Crippen LogP contribution >= 0.6 is 11.6 Å². The van der Waals surface area contributed by atoms with E-state index in [1.807, 2.05) is 0 Å². The lowest BCUT2D eigenvalue weighted by Crippen LogP contribution is -2.41. The van der Waals surface area contributed by atoms with E-state index in [4.69, 9.17) is 11.6 Å². The molecule has 1 aliphatic heterocycles. The largest absolute Gasteiger partial charge is 0.340 e. The van der Waals surface area contributed by atoms with Crippen molar-refractivity contribution in [2.75, 3.05) is 31.9 Å². The van der Waals surface area contributed by atoms with Gasteiger partial charge in [-0.3, -0.25) is 9.59 Å². The fourth-order valence-electron chi connectivity index (χ4n) is 3.80. The Labute approximate surface area is 165 Å². The van der Waals surface area contributed by atoms with E-state index in [1.54, 1.807) is 34.1 Å². The maximum atomic E-state index is 12.7. The molecule has 2 aliphatic rings. The van der Waals surface area contributed by atoms with Crippen LogP contribution in [0.2, 0.25) is 5.02 Å². The van der Waals surface area contributed by atoms with E-state index in [-0.39, 0.29) is 17.1 Å². The average molecular weight is 413 g/mol. The maximum Gasteiger partial charge on any atom is 0.255 e. The van der Waals surface area contributed by atoms with Crippen molar-refractivity contribution in [3.63, 3.8) is 0 Å². The summed E-state index contributed by atoms with van der Waals surface area (Å²) in [5.74, 6) is -0.932. The minimum atomic E-state index is -3.39. The molecule has 1 saturated carbocycles. The van der Waals surface area contributed by atoms with E-state index in [0.717, 1.165) is 12.8 Å². The van der Waals surface area contributed by atoms with E-state index < -0.39 is 15.6 Å². The molecule has 1 saturated heterocycles. The minimum absolute atomic E-state index is 0.159. The van der Waals surface area contributed by atoms with Gasteiger partial charge in [0.1, 0.15) is 5.75 Å². The number of rotatable bonds is 4. The smallest absolute Gasteiger partial charge is 0.255 e. The number of carbonyl (C=O) groups excluding carboxylic acids is 2. The van der Waals surface area contributed by atoms with E-state index >= 15 is 0 Å². The first-order chi connectivity index (χ1) is 12.9. The van der Waals surface area contributed by atoms with Gasteiger partial charge in [-0.2, -0.15) is 0 Å². The Morgan fingerprint density at radius 1 is 0.963 bits per heavy atom. The van der Waals surface area contributed by atoms with Gasteiger partial charge in [0, 0.05) is 26.2 Å². The molecule has 0 unspecified atom stereocenters. The molecule has 8 heteroatoms. The Bertz CT molecular complexity index is 806. The highest BCUT2D eigenvalue weighted by Gasteiger charge is 2.33. The molecule has 0 atom stereocenters. The van der Waals surface area contributed by atoms with Gasteiger partial charge >= 0.3 is 0 Å². The molecule has 1 aromatic carbocycles. The summed E-state index contributed by atoms with van der Waals surface area (Å²) in [5, 5.41) is 0.0362. The molecule has 148 valence electrons. The fourth-order valence-corrected chi connectivity index (χ4v) is 5.83. The molecule has 3 rings (SSSR count). The van der Waals surface area contributed by atoms with Crippen LogP contribution in [-0.4, -0.2) is 67.2 Å². The number of carbonyl (C=O) groups is 2. The first-order valence-electron chi connectivity index (χ1n) is 9.41. The van der Waals surface area contributed by atoms with Gasteiger partial charge in [-0.05, 0) is 31.4 Å². The molecular formula is C19H25ClN2O4S. The second kappa shape index (κ2) is 8.61. The third-order valence-corrected chi connectivity index (χ3v) is 7.84. The van der Waals surface area contributed by atoms with Gasteiger partial charge in [-0.15, -0.1) is 0 Å². The van der Waals surface area contributed by atoms with Crippen LogP contribution in [0.3, 0.4) is 0 Å². The second-order valence-corrected chi connectivity index (χ2v) is 9.91. The molecule has 27 heavy (non-hydrogen) atoms. The number of halogens is 1. The van der Waals surface area contributed by atoms with Gasteiger partial charge in [0.25, 0.3) is 5.91 Å². The zero-order chi connectivity index (χ0) is 19.4. The third kappa shape index (κ3) is 4.82. The number of amides is 2. The summed E-state index contributed by atoms with van der Waals surface area (Å²) in [6, 6.07) is 6.90. The van der Waals surface area contributed by atoms with Crippen LogP contribution < -0.4 is 0 Å². The molecule has 0 N–H and O–H groups in total. The lowest BCUT2D eigenvalue weighted by molar-refractivity contribution is -0.128. The predicted molar refractivity (Wildman–Crippen MR) is 105 cm³/mol. The minimum Gasteiger partial charge on any atom is -0.340 e. The Hall–Kier alpha value is -1.60. The van der Waals surface area contributed by atoms with Crippen LogP contribution in [0.1, 0.15) is 42.5 Å². The normalized spacial score (nSPS) is 19.1. The standard InChI is InChI=1S/C19H25ClN2O4S/c20-17-9-4-3-8-16(17)19(24)22-11-5-10-21(12-13-22)18(23)14-27(25,26)15-6-1-2-7-15/h3-4,8-9,15H,1-2,5-7,10-14H2. The van der Waals surface area contributed by atoms with Gasteiger partial charge in [-0.1, -0.05) is 36.6 Å². The highest BCUT2D eigenvalue weighted by Crippen LogP contribution is 2.25. The summed E-state index contributed by atoms with van der Waals surface area (Å²) in [7, 11) is -3.39. The summed E-state index contributed by atoms with van der Waals surface area (Å²) in [5.41, 5.74) is 0.447. The van der Waals surface area contributed by atoms with Crippen molar-refractivity contribution in [3.05, 3.63) is 34.9 Å². The Morgan fingerprint density at radius 3 is 2.30 bits per heavy atom. The lowest BCUT2D eigenvalue weighted by Gasteiger charge is -2.23. The molecule has 6 nitrogen and oxygen atoms in total. The molecule has 0 radical (unpaired) electrons. The molecule has 1 heterocycles. The molecule has 0 spiro atoms. The number of hydrogen-bond acceptors (Lipinski definition) is 4. The summed E-state index contributed by atoms with van der Waals surface area (Å²) >= 11 is 6.11. The summed E-state index contributed by atoms with van der Waals surface area (Å²) in [4.78, 5) is 28.5. The van der Waals surface area contributed by atoms with Crippen molar-refractivity contribution in [3.8, 4) is 0 Å². The fraction of sp³-hybridized carbons (Fsp3) is 0.579. The SMILES string of the molecule is O=C(CS(=O)(=O)C1CCCC1)N1CCCN(C(=O)c2ccccc2Cl)CC1. The Balaban J connectivity index is 1.60. The first kappa shape index (κ1) is 20.1. The van der Waals surface area contributed by atoms with Crippen LogP contribution in [0.25, 0.3) is 0 Å². The highest BCUT2D eigenvalue weighted by atomic mass is 35.5. The first-order valence-corrected chi connectivity index (χ1v) is 11.5. The Morgan fingerprint density at radius 2 is 1.59 bits per heavy atom. The maximum absolute atomic E-state index is 12.7. The molecule has 0 bridgehead atoms. The number of nitrogens with zero attached hydrogens (tertiary/aromatic N) is 2. The van der Waals surface area contributed by atoms with Gasteiger partial charge in [-0.25, -0.2) is 8.42 Å². The number of sulfone groups is 1. The highest BCUT2D eigenvalue weighted by molar-refractivity contribution is 7.92. The van der Waals surface area contributed by atoms with Gasteiger partial charge in [0.15, 0.2) is 9.84 Å². The molecular weight excluding hydrogens is 388 g/mol. The molecule has 0 aromatic heterocycles. The number of hydrogen-bond donors (Lipinski definition) is 0. The monoisotopic (exact) mass is 412 g/mol. The van der Waals surface area contributed by atoms with Crippen LogP contribution in [0.15, 0.2) is 24.3 Å². The zero-order valence-corrected chi connectivity index (χ0v) is 16.8. The van der Waals surface area contributed by atoms with Crippen molar-refractivity contribution < 1.29 is 18.0 Å². The van der Waals surface area contributed by atoms with Crippen molar-refractivity contribution in [1.82, 2.24) is 9.80 Å². The topological polar surface area (TPSA) is 74.8 Å². The quantitative estimate of drug-likeness (QED) is 0.760. The summed E-state index contributed by atoms with van der Waals surface area (Å²) in [6.07, 6.45) is 3.78. The van der Waals surface area contributed by atoms with Crippen molar-refractivity contribution in [1.29, 1.82) is 0 Å². The zero-order valence-electron chi connectivity index (χ0n) is 15.3. The summed E-state index contributed by atoms with van der Waals surface area (Å²) < 4.78 is 24.9. The molecule has 2 fully saturated rings. The van der Waals surface area contributed by atoms with E-state index in [0.29, 0.717) is 56.0 Å². The molecule has 1 aliphatic carbocycles. The van der Waals surface area contributed by atoms with Crippen molar-refractivity contribution in [2.45, 2.75) is 37.4 Å². The van der Waals surface area contributed by atoms with Gasteiger partial charge in [0.05, 0.1) is 15.8 Å². The van der Waals surface area contributed by atoms with E-state index in [1.165, 1.54) is 0 Å². The Kier molecular flexibility index (Phi) is 6.42. The van der Waals surface area contributed by atoms with Crippen molar-refractivity contribution >= 4 is 33.3 Å². The third-order valence-electron chi connectivity index (χ3n) is 5.37. The van der Waals surface area contributed by atoms with E-state index in [9.17, 15) is 18.0 Å². The summed E-state index contributed by atoms with van der Waals surface area (Å²) in [6.45, 7) is 1.70.